The van der Waals surface area contributed by atoms with Crippen LogP contribution in [-0.4, -0.2) is 24.3 Å². The van der Waals surface area contributed by atoms with Crippen LogP contribution in [-0.2, 0) is 9.53 Å². The second kappa shape index (κ2) is 4.22. The molecule has 0 atom stereocenters. The lowest BCUT2D eigenvalue weighted by Crippen LogP contribution is -2.24. The Morgan fingerprint density at radius 3 is 2.86 bits per heavy atom. The molecule has 0 radical (unpaired) electrons. The largest absolute Gasteiger partial charge is 0.456 e. The SMILES string of the molecule is CC(C)(C)OC(=O)C1=CC=NCC=C1. The molecule has 3 heteroatoms. The maximum absolute atomic E-state index is 11.6. The molecule has 0 aliphatic carbocycles. The van der Waals surface area contributed by atoms with E-state index in [1.807, 2.05) is 26.8 Å². The molecule has 14 heavy (non-hydrogen) atoms. The second-order valence-electron chi connectivity index (χ2n) is 4.04. The predicted molar refractivity (Wildman–Crippen MR) is 56.4 cm³/mol. The zero-order valence-corrected chi connectivity index (χ0v) is 8.78. The van der Waals surface area contributed by atoms with Crippen molar-refractivity contribution in [2.24, 2.45) is 4.99 Å². The Morgan fingerprint density at radius 2 is 2.21 bits per heavy atom. The fourth-order valence-electron chi connectivity index (χ4n) is 0.963. The Bertz CT molecular complexity index is 306. The highest BCUT2D eigenvalue weighted by Gasteiger charge is 2.18. The third-order valence-electron chi connectivity index (χ3n) is 1.50. The van der Waals surface area contributed by atoms with Gasteiger partial charge in [0.25, 0.3) is 0 Å². The van der Waals surface area contributed by atoms with Crippen LogP contribution >= 0.6 is 0 Å². The Balaban J connectivity index is 2.69. The van der Waals surface area contributed by atoms with Crippen LogP contribution in [0, 0.1) is 0 Å². The molecular weight excluding hydrogens is 178 g/mol. The molecule has 0 aromatic carbocycles. The van der Waals surface area contributed by atoms with Crippen molar-refractivity contribution in [3.63, 3.8) is 0 Å². The van der Waals surface area contributed by atoms with Gasteiger partial charge in [0.15, 0.2) is 0 Å². The summed E-state index contributed by atoms with van der Waals surface area (Å²) in [7, 11) is 0. The van der Waals surface area contributed by atoms with Gasteiger partial charge in [-0.15, -0.1) is 0 Å². The molecule has 0 unspecified atom stereocenters. The van der Waals surface area contributed by atoms with Crippen LogP contribution in [0.1, 0.15) is 20.8 Å². The summed E-state index contributed by atoms with van der Waals surface area (Å²) in [4.78, 5) is 15.6. The first-order chi connectivity index (χ1) is 6.49. The average molecular weight is 193 g/mol. The molecule has 0 N–H and O–H groups in total. The highest BCUT2D eigenvalue weighted by atomic mass is 16.6. The molecule has 3 nitrogen and oxygen atoms in total. The van der Waals surface area contributed by atoms with Gasteiger partial charge >= 0.3 is 5.97 Å². The molecule has 0 saturated heterocycles. The first kappa shape index (κ1) is 10.7. The van der Waals surface area contributed by atoms with Gasteiger partial charge in [-0.05, 0) is 32.9 Å². The van der Waals surface area contributed by atoms with Gasteiger partial charge in [0.05, 0.1) is 12.1 Å². The fourth-order valence-corrected chi connectivity index (χ4v) is 0.963. The number of esters is 1. The van der Waals surface area contributed by atoms with Gasteiger partial charge in [-0.25, -0.2) is 4.79 Å². The lowest BCUT2D eigenvalue weighted by Gasteiger charge is -2.19. The van der Waals surface area contributed by atoms with E-state index < -0.39 is 5.60 Å². The number of ether oxygens (including phenoxy) is 1. The zero-order chi connectivity index (χ0) is 10.6. The minimum absolute atomic E-state index is 0.304. The normalized spacial score (nSPS) is 16.1. The van der Waals surface area contributed by atoms with Crippen LogP contribution in [0.4, 0.5) is 0 Å². The fraction of sp³-hybridized carbons (Fsp3) is 0.455. The zero-order valence-electron chi connectivity index (χ0n) is 8.78. The number of aliphatic imine (C=N–C) groups is 1. The lowest BCUT2D eigenvalue weighted by molar-refractivity contribution is -0.149. The summed E-state index contributed by atoms with van der Waals surface area (Å²) in [5.74, 6) is -0.304. The van der Waals surface area contributed by atoms with Crippen molar-refractivity contribution >= 4 is 12.2 Å². The van der Waals surface area contributed by atoms with Crippen LogP contribution in [0.2, 0.25) is 0 Å². The molecule has 1 heterocycles. The summed E-state index contributed by atoms with van der Waals surface area (Å²) in [5, 5.41) is 0. The number of hydrogen-bond acceptors (Lipinski definition) is 3. The van der Waals surface area contributed by atoms with Crippen molar-refractivity contribution in [1.29, 1.82) is 0 Å². The molecule has 0 amide bonds. The maximum Gasteiger partial charge on any atom is 0.338 e. The van der Waals surface area contributed by atoms with E-state index in [4.69, 9.17) is 4.74 Å². The first-order valence-corrected chi connectivity index (χ1v) is 4.59. The van der Waals surface area contributed by atoms with Gasteiger partial charge in [0, 0.05) is 6.21 Å². The van der Waals surface area contributed by atoms with Gasteiger partial charge in [0.1, 0.15) is 5.60 Å². The van der Waals surface area contributed by atoms with Gasteiger partial charge in [-0.3, -0.25) is 4.99 Å². The third-order valence-corrected chi connectivity index (χ3v) is 1.50. The first-order valence-electron chi connectivity index (χ1n) is 4.59. The standard InChI is InChI=1S/C11H15NO2/c1-11(2,3)14-10(13)9-5-4-7-12-8-6-9/h4-6,8H,7H2,1-3H3. The molecule has 1 aliphatic rings. The third kappa shape index (κ3) is 3.56. The molecule has 0 bridgehead atoms. The topological polar surface area (TPSA) is 38.7 Å². The Labute approximate surface area is 84.2 Å². The minimum atomic E-state index is -0.449. The number of carbonyl (C=O) groups excluding carboxylic acids is 1. The van der Waals surface area contributed by atoms with Gasteiger partial charge in [-0.1, -0.05) is 6.08 Å². The molecule has 76 valence electrons. The van der Waals surface area contributed by atoms with Crippen molar-refractivity contribution < 1.29 is 9.53 Å². The van der Waals surface area contributed by atoms with Crippen LogP contribution < -0.4 is 0 Å². The lowest BCUT2D eigenvalue weighted by atomic mass is 10.2. The molecule has 0 saturated carbocycles. The molecule has 0 spiro atoms. The molecule has 1 aliphatic heterocycles. The summed E-state index contributed by atoms with van der Waals surface area (Å²) in [6, 6.07) is 0. The number of nitrogens with zero attached hydrogens (tertiary/aromatic N) is 1. The molecule has 0 aromatic rings. The monoisotopic (exact) mass is 193 g/mol. The number of carbonyl (C=O) groups is 1. The van der Waals surface area contributed by atoms with Crippen LogP contribution in [0.25, 0.3) is 0 Å². The maximum atomic E-state index is 11.6. The van der Waals surface area contributed by atoms with Crippen molar-refractivity contribution in [3.8, 4) is 0 Å². The highest BCUT2D eigenvalue weighted by Crippen LogP contribution is 2.12. The van der Waals surface area contributed by atoms with E-state index in [0.717, 1.165) is 0 Å². The molecule has 0 aromatic heterocycles. The Morgan fingerprint density at radius 1 is 1.50 bits per heavy atom. The summed E-state index contributed by atoms with van der Waals surface area (Å²) in [5.41, 5.74) is 0.0936. The van der Waals surface area contributed by atoms with Crippen molar-refractivity contribution in [2.45, 2.75) is 26.4 Å². The van der Waals surface area contributed by atoms with Crippen molar-refractivity contribution in [3.05, 3.63) is 23.8 Å². The van der Waals surface area contributed by atoms with Gasteiger partial charge in [-0.2, -0.15) is 0 Å². The molecule has 0 fully saturated rings. The summed E-state index contributed by atoms with van der Waals surface area (Å²) in [6.45, 7) is 6.16. The van der Waals surface area contributed by atoms with E-state index in [1.165, 1.54) is 0 Å². The number of allylic oxidation sites excluding steroid dienone is 1. The molecule has 1 rings (SSSR count). The number of rotatable bonds is 1. The van der Waals surface area contributed by atoms with E-state index in [-0.39, 0.29) is 5.97 Å². The highest BCUT2D eigenvalue weighted by molar-refractivity contribution is 5.96. The van der Waals surface area contributed by atoms with E-state index in [2.05, 4.69) is 4.99 Å². The second-order valence-corrected chi connectivity index (χ2v) is 4.04. The van der Waals surface area contributed by atoms with E-state index >= 15 is 0 Å². The predicted octanol–water partition coefficient (Wildman–Crippen LogP) is 1.90. The Hall–Kier alpha value is -1.38. The van der Waals surface area contributed by atoms with E-state index in [1.54, 1.807) is 18.4 Å². The van der Waals surface area contributed by atoms with Gasteiger partial charge < -0.3 is 4.74 Å². The number of hydrogen-bond donors (Lipinski definition) is 0. The van der Waals surface area contributed by atoms with Crippen LogP contribution in [0.15, 0.2) is 28.8 Å². The summed E-state index contributed by atoms with van der Waals surface area (Å²) in [6.07, 6.45) is 6.86. The van der Waals surface area contributed by atoms with Crippen LogP contribution in [0.5, 0.6) is 0 Å². The average Bonchev–Trinajstić information content (AvgIpc) is 2.27. The summed E-state index contributed by atoms with van der Waals surface area (Å²) >= 11 is 0. The van der Waals surface area contributed by atoms with Crippen LogP contribution in [0.3, 0.4) is 0 Å². The minimum Gasteiger partial charge on any atom is -0.456 e. The van der Waals surface area contributed by atoms with E-state index in [9.17, 15) is 4.79 Å². The Kier molecular flexibility index (Phi) is 3.23. The quantitative estimate of drug-likeness (QED) is 0.596. The van der Waals surface area contributed by atoms with E-state index in [0.29, 0.717) is 12.1 Å². The van der Waals surface area contributed by atoms with Crippen molar-refractivity contribution in [2.75, 3.05) is 6.54 Å². The van der Waals surface area contributed by atoms with Gasteiger partial charge in [0.2, 0.25) is 0 Å². The molecular formula is C11H15NO2. The summed E-state index contributed by atoms with van der Waals surface area (Å²) < 4.78 is 5.21. The smallest absolute Gasteiger partial charge is 0.338 e. The van der Waals surface area contributed by atoms with Crippen molar-refractivity contribution in [1.82, 2.24) is 0 Å².